The largest absolute Gasteiger partial charge is 0.306 e. The van der Waals surface area contributed by atoms with Crippen molar-refractivity contribution in [3.63, 3.8) is 0 Å². The molecule has 7 rings (SSSR count). The Balaban J connectivity index is 1.67. The summed E-state index contributed by atoms with van der Waals surface area (Å²) in [5.41, 5.74) is 20.3. The van der Waals surface area contributed by atoms with Crippen LogP contribution in [0.15, 0.2) is 48.5 Å². The first kappa shape index (κ1) is 26.4. The first-order chi connectivity index (χ1) is 19.1. The van der Waals surface area contributed by atoms with E-state index < -0.39 is 0 Å². The van der Waals surface area contributed by atoms with E-state index in [4.69, 9.17) is 7.85 Å². The molecule has 0 saturated carbocycles. The number of anilines is 6. The van der Waals surface area contributed by atoms with E-state index in [1.165, 1.54) is 84.2 Å². The van der Waals surface area contributed by atoms with Crippen LogP contribution in [0, 0.1) is 27.7 Å². The lowest BCUT2D eigenvalue weighted by molar-refractivity contribution is 0.563. The maximum Gasteiger partial charge on any atom is 0.114 e. The summed E-state index contributed by atoms with van der Waals surface area (Å²) in [5.74, 6) is 0. The van der Waals surface area contributed by atoms with Crippen LogP contribution in [0.4, 0.5) is 34.1 Å². The Morgan fingerprint density at radius 1 is 0.561 bits per heavy atom. The van der Waals surface area contributed by atoms with Gasteiger partial charge in [-0.3, -0.25) is 0 Å². The third-order valence-electron chi connectivity index (χ3n) is 10.7. The average Bonchev–Trinajstić information content (AvgIpc) is 2.92. The minimum atomic E-state index is -0.157. The summed E-state index contributed by atoms with van der Waals surface area (Å²) in [6.45, 7) is 25.5. The quantitative estimate of drug-likeness (QED) is 0.197. The van der Waals surface area contributed by atoms with E-state index in [9.17, 15) is 0 Å². The van der Waals surface area contributed by atoms with Crippen molar-refractivity contribution >= 4 is 47.4 Å². The second-order valence-electron chi connectivity index (χ2n) is 14.7. The number of benzene rings is 4. The highest BCUT2D eigenvalue weighted by Gasteiger charge is 2.50. The van der Waals surface area contributed by atoms with Gasteiger partial charge in [-0.25, -0.2) is 0 Å². The first-order valence-corrected chi connectivity index (χ1v) is 15.0. The highest BCUT2D eigenvalue weighted by Crippen LogP contribution is 2.67. The van der Waals surface area contributed by atoms with Gasteiger partial charge in [-0.05, 0) is 84.2 Å². The highest BCUT2D eigenvalue weighted by molar-refractivity contribution is 6.35. The van der Waals surface area contributed by atoms with E-state index in [1.807, 2.05) is 0 Å². The molecule has 0 saturated heterocycles. The summed E-state index contributed by atoms with van der Waals surface area (Å²) in [6.07, 6.45) is 0. The molecule has 3 heterocycles. The normalized spacial score (nSPS) is 17.0. The van der Waals surface area contributed by atoms with Gasteiger partial charge in [0, 0.05) is 10.8 Å². The van der Waals surface area contributed by atoms with Gasteiger partial charge in [-0.1, -0.05) is 101 Å². The predicted molar refractivity (Wildman–Crippen MR) is 177 cm³/mol. The second kappa shape index (κ2) is 7.88. The van der Waals surface area contributed by atoms with Gasteiger partial charge in [0.1, 0.15) is 7.85 Å². The molecule has 0 unspecified atom stereocenters. The van der Waals surface area contributed by atoms with Crippen molar-refractivity contribution in [3.8, 4) is 0 Å². The van der Waals surface area contributed by atoms with Crippen molar-refractivity contribution in [3.05, 3.63) is 98.6 Å². The molecule has 2 nitrogen and oxygen atoms in total. The molecule has 0 amide bonds. The third kappa shape index (κ3) is 3.10. The van der Waals surface area contributed by atoms with Gasteiger partial charge in [0.05, 0.1) is 34.1 Å². The smallest absolute Gasteiger partial charge is 0.114 e. The van der Waals surface area contributed by atoms with Crippen molar-refractivity contribution in [2.24, 2.45) is 0 Å². The summed E-state index contributed by atoms with van der Waals surface area (Å²) in [4.78, 5) is 5.17. The standard InChI is InChI=1S/C38H41BN2/c1-20-22(3)32(23(4)21(2)31(20)39)40-29-16-12-14-25-34(29)41-33-27(37(25,8)9)18-24(36(5,6)7)19-28(33)38(10,11)26-15-13-17-30(40)35(26)41/h12-19H,1-11H3. The fraction of sp³-hybridized carbons (Fsp3) is 0.368. The number of hydrogen-bond acceptors (Lipinski definition) is 2. The van der Waals surface area contributed by atoms with Crippen molar-refractivity contribution in [1.29, 1.82) is 0 Å². The zero-order valence-electron chi connectivity index (χ0n) is 26.6. The molecule has 0 spiro atoms. The fourth-order valence-electron chi connectivity index (χ4n) is 7.82. The molecule has 0 N–H and O–H groups in total. The van der Waals surface area contributed by atoms with Crippen LogP contribution in [0.3, 0.4) is 0 Å². The lowest BCUT2D eigenvalue weighted by atomic mass is 9.64. The van der Waals surface area contributed by atoms with E-state index in [-0.39, 0.29) is 16.2 Å². The topological polar surface area (TPSA) is 6.48 Å². The summed E-state index contributed by atoms with van der Waals surface area (Å²) < 4.78 is 0. The van der Waals surface area contributed by atoms with Crippen molar-refractivity contribution in [2.45, 2.75) is 92.4 Å². The zero-order chi connectivity index (χ0) is 29.5. The number of para-hydroxylation sites is 2. The highest BCUT2D eigenvalue weighted by atomic mass is 15.3. The zero-order valence-corrected chi connectivity index (χ0v) is 26.6. The summed E-state index contributed by atoms with van der Waals surface area (Å²) >= 11 is 0. The van der Waals surface area contributed by atoms with Gasteiger partial charge in [0.25, 0.3) is 0 Å². The average molecular weight is 537 g/mol. The SMILES string of the molecule is [B]c1c(C)c(C)c(N2c3cccc4c3N3c5c2cccc5C(C)(C)c2cc(C(C)(C)C)cc(c23)C4(C)C)c(C)c1C. The minimum absolute atomic E-state index is 0.0561. The van der Waals surface area contributed by atoms with Gasteiger partial charge in [-0.15, -0.1) is 0 Å². The van der Waals surface area contributed by atoms with Crippen LogP contribution in [0.2, 0.25) is 0 Å². The van der Waals surface area contributed by atoms with Gasteiger partial charge in [-0.2, -0.15) is 0 Å². The Morgan fingerprint density at radius 2 is 1.00 bits per heavy atom. The molecule has 4 aromatic rings. The number of rotatable bonds is 1. The molecule has 206 valence electrons. The van der Waals surface area contributed by atoms with Crippen LogP contribution in [0.5, 0.6) is 0 Å². The molecule has 41 heavy (non-hydrogen) atoms. The van der Waals surface area contributed by atoms with Crippen molar-refractivity contribution in [2.75, 3.05) is 9.80 Å². The van der Waals surface area contributed by atoms with Gasteiger partial charge >= 0.3 is 0 Å². The third-order valence-corrected chi connectivity index (χ3v) is 10.7. The second-order valence-corrected chi connectivity index (χ2v) is 14.7. The molecule has 4 aromatic carbocycles. The molecular formula is C38H41BN2. The van der Waals surface area contributed by atoms with Crippen LogP contribution in [-0.2, 0) is 16.2 Å². The van der Waals surface area contributed by atoms with Crippen LogP contribution < -0.4 is 15.3 Å². The molecule has 0 atom stereocenters. The Kier molecular flexibility index (Phi) is 5.08. The molecule has 3 aliphatic rings. The van der Waals surface area contributed by atoms with Gasteiger partial charge < -0.3 is 9.80 Å². The molecule has 0 fully saturated rings. The van der Waals surface area contributed by atoms with E-state index in [0.29, 0.717) is 0 Å². The maximum absolute atomic E-state index is 6.62. The number of nitrogens with zero attached hydrogens (tertiary/aromatic N) is 2. The Morgan fingerprint density at radius 3 is 1.41 bits per heavy atom. The van der Waals surface area contributed by atoms with Crippen LogP contribution in [0.1, 0.15) is 98.5 Å². The molecule has 0 aromatic heterocycles. The molecular weight excluding hydrogens is 495 g/mol. The Bertz CT molecular complexity index is 1710. The van der Waals surface area contributed by atoms with Crippen molar-refractivity contribution < 1.29 is 0 Å². The lowest BCUT2D eigenvalue weighted by Gasteiger charge is -2.54. The van der Waals surface area contributed by atoms with Crippen molar-refractivity contribution in [1.82, 2.24) is 0 Å². The minimum Gasteiger partial charge on any atom is -0.306 e. The Labute approximate surface area is 247 Å². The van der Waals surface area contributed by atoms with E-state index in [2.05, 4.69) is 134 Å². The molecule has 0 bridgehead atoms. The monoisotopic (exact) mass is 536 g/mol. The predicted octanol–water partition coefficient (Wildman–Crippen LogP) is 9.54. The first-order valence-electron chi connectivity index (χ1n) is 15.0. The maximum atomic E-state index is 6.62. The molecule has 2 radical (unpaired) electrons. The molecule has 0 aliphatic carbocycles. The lowest BCUT2D eigenvalue weighted by Crippen LogP contribution is -2.41. The van der Waals surface area contributed by atoms with Crippen LogP contribution in [-0.4, -0.2) is 7.85 Å². The Hall–Kier alpha value is -3.46. The van der Waals surface area contributed by atoms with Gasteiger partial charge in [0.15, 0.2) is 0 Å². The molecule has 3 heteroatoms. The van der Waals surface area contributed by atoms with E-state index in [0.717, 1.165) is 5.46 Å². The summed E-state index contributed by atoms with van der Waals surface area (Å²) in [7, 11) is 6.62. The molecule has 3 aliphatic heterocycles. The van der Waals surface area contributed by atoms with Gasteiger partial charge in [0.2, 0.25) is 0 Å². The fourth-order valence-corrected chi connectivity index (χ4v) is 7.82. The van der Waals surface area contributed by atoms with E-state index in [1.54, 1.807) is 0 Å². The summed E-state index contributed by atoms with van der Waals surface area (Å²) in [5, 5.41) is 0. The van der Waals surface area contributed by atoms with Crippen LogP contribution in [0.25, 0.3) is 0 Å². The van der Waals surface area contributed by atoms with Crippen LogP contribution >= 0.6 is 0 Å². The van der Waals surface area contributed by atoms with E-state index >= 15 is 0 Å². The summed E-state index contributed by atoms with van der Waals surface area (Å²) in [6, 6.07) is 18.9. The number of hydrogen-bond donors (Lipinski definition) is 0.